The molecule has 0 N–H and O–H groups in total. The van der Waals surface area contributed by atoms with Gasteiger partial charge in [-0.1, -0.05) is 0 Å². The summed E-state index contributed by atoms with van der Waals surface area (Å²) in [7, 11) is 0. The van der Waals surface area contributed by atoms with Crippen molar-refractivity contribution in [1.82, 2.24) is 0 Å². The standard InChI is InChI=1S/C8H2N4/c9-3-7(4-10)1-2-8(7,5-11)6-12/h1-2H. The zero-order chi connectivity index (χ0) is 9.24. The summed E-state index contributed by atoms with van der Waals surface area (Å²) in [5.74, 6) is 0. The van der Waals surface area contributed by atoms with Crippen LogP contribution in [0.4, 0.5) is 0 Å². The van der Waals surface area contributed by atoms with Crippen molar-refractivity contribution in [3.05, 3.63) is 12.2 Å². The summed E-state index contributed by atoms with van der Waals surface area (Å²) in [6, 6.07) is 6.66. The quantitative estimate of drug-likeness (QED) is 0.478. The van der Waals surface area contributed by atoms with Gasteiger partial charge in [0.15, 0.2) is 10.8 Å². The molecule has 0 bridgehead atoms. The summed E-state index contributed by atoms with van der Waals surface area (Å²) >= 11 is 0. The van der Waals surface area contributed by atoms with Crippen molar-refractivity contribution in [3.8, 4) is 24.3 Å². The smallest absolute Gasteiger partial charge is 0.196 e. The highest BCUT2D eigenvalue weighted by atomic mass is 14.6. The van der Waals surface area contributed by atoms with Gasteiger partial charge in [-0.3, -0.25) is 0 Å². The highest BCUT2D eigenvalue weighted by Crippen LogP contribution is 2.48. The Morgan fingerprint density at radius 1 is 0.667 bits per heavy atom. The Morgan fingerprint density at radius 2 is 0.917 bits per heavy atom. The van der Waals surface area contributed by atoms with E-state index in [0.29, 0.717) is 0 Å². The van der Waals surface area contributed by atoms with Gasteiger partial charge in [0.05, 0.1) is 24.3 Å². The van der Waals surface area contributed by atoms with E-state index in [1.165, 1.54) is 12.2 Å². The van der Waals surface area contributed by atoms with Crippen LogP contribution in [0.5, 0.6) is 0 Å². The van der Waals surface area contributed by atoms with Gasteiger partial charge < -0.3 is 0 Å². The molecule has 0 heterocycles. The molecule has 0 amide bonds. The second-order valence-electron chi connectivity index (χ2n) is 2.40. The number of hydrogen-bond donors (Lipinski definition) is 0. The summed E-state index contributed by atoms with van der Waals surface area (Å²) in [6.45, 7) is 0. The summed E-state index contributed by atoms with van der Waals surface area (Å²) < 4.78 is 0. The number of hydrogen-bond acceptors (Lipinski definition) is 4. The molecule has 0 aromatic heterocycles. The molecule has 4 heteroatoms. The molecule has 0 atom stereocenters. The molecular weight excluding hydrogens is 152 g/mol. The average molecular weight is 154 g/mol. The largest absolute Gasteiger partial charge is 0.197 e. The molecule has 0 spiro atoms. The fourth-order valence-corrected chi connectivity index (χ4v) is 0.968. The first-order valence-corrected chi connectivity index (χ1v) is 3.06. The van der Waals surface area contributed by atoms with Crippen molar-refractivity contribution in [3.63, 3.8) is 0 Å². The second kappa shape index (κ2) is 2.09. The van der Waals surface area contributed by atoms with E-state index in [-0.39, 0.29) is 0 Å². The van der Waals surface area contributed by atoms with Crippen molar-refractivity contribution >= 4 is 0 Å². The molecule has 0 radical (unpaired) electrons. The topological polar surface area (TPSA) is 95.2 Å². The summed E-state index contributed by atoms with van der Waals surface area (Å²) in [6.07, 6.45) is 2.55. The molecule has 0 saturated heterocycles. The van der Waals surface area contributed by atoms with Crippen molar-refractivity contribution in [2.75, 3.05) is 0 Å². The van der Waals surface area contributed by atoms with Crippen LogP contribution in [0.3, 0.4) is 0 Å². The second-order valence-corrected chi connectivity index (χ2v) is 2.40. The summed E-state index contributed by atoms with van der Waals surface area (Å²) in [5.41, 5.74) is -3.15. The third-order valence-corrected chi connectivity index (χ3v) is 1.91. The van der Waals surface area contributed by atoms with E-state index >= 15 is 0 Å². The zero-order valence-electron chi connectivity index (χ0n) is 5.94. The Kier molecular flexibility index (Phi) is 1.36. The van der Waals surface area contributed by atoms with Gasteiger partial charge >= 0.3 is 0 Å². The van der Waals surface area contributed by atoms with Gasteiger partial charge in [-0.05, 0) is 12.2 Å². The Hall–Kier alpha value is -2.30. The minimum atomic E-state index is -1.57. The monoisotopic (exact) mass is 154 g/mol. The minimum Gasteiger partial charge on any atom is -0.196 e. The van der Waals surface area contributed by atoms with Crippen LogP contribution < -0.4 is 0 Å². The van der Waals surface area contributed by atoms with E-state index in [2.05, 4.69) is 0 Å². The van der Waals surface area contributed by atoms with E-state index in [1.54, 1.807) is 24.3 Å². The van der Waals surface area contributed by atoms with Crippen LogP contribution in [0.1, 0.15) is 0 Å². The van der Waals surface area contributed by atoms with Crippen LogP contribution in [-0.4, -0.2) is 0 Å². The first kappa shape index (κ1) is 7.80. The number of allylic oxidation sites excluding steroid dienone is 2. The van der Waals surface area contributed by atoms with Gasteiger partial charge in [-0.2, -0.15) is 21.0 Å². The average Bonchev–Trinajstić information content (AvgIpc) is 2.08. The van der Waals surface area contributed by atoms with Gasteiger partial charge in [0, 0.05) is 0 Å². The van der Waals surface area contributed by atoms with Gasteiger partial charge in [0.1, 0.15) is 0 Å². The van der Waals surface area contributed by atoms with Gasteiger partial charge in [-0.15, -0.1) is 0 Å². The maximum Gasteiger partial charge on any atom is 0.197 e. The third-order valence-electron chi connectivity index (χ3n) is 1.91. The van der Waals surface area contributed by atoms with Crippen molar-refractivity contribution < 1.29 is 0 Å². The molecule has 0 fully saturated rings. The minimum absolute atomic E-state index is 1.28. The Balaban J connectivity index is 3.33. The van der Waals surface area contributed by atoms with Crippen LogP contribution in [-0.2, 0) is 0 Å². The number of nitriles is 4. The lowest BCUT2D eigenvalue weighted by Crippen LogP contribution is -2.41. The molecule has 0 unspecified atom stereocenters. The van der Waals surface area contributed by atoms with Crippen LogP contribution in [0.25, 0.3) is 0 Å². The lowest BCUT2D eigenvalue weighted by Gasteiger charge is -2.32. The predicted molar refractivity (Wildman–Crippen MR) is 36.5 cm³/mol. The Morgan fingerprint density at radius 3 is 1.00 bits per heavy atom. The normalized spacial score (nSPS) is 20.3. The maximum atomic E-state index is 8.61. The first-order valence-electron chi connectivity index (χ1n) is 3.06. The van der Waals surface area contributed by atoms with Crippen molar-refractivity contribution in [2.24, 2.45) is 10.8 Å². The molecule has 1 rings (SSSR count). The Bertz CT molecular complexity index is 336. The van der Waals surface area contributed by atoms with Gasteiger partial charge in [-0.25, -0.2) is 0 Å². The van der Waals surface area contributed by atoms with Gasteiger partial charge in [0.2, 0.25) is 0 Å². The molecule has 0 aliphatic heterocycles. The molecule has 0 aromatic carbocycles. The fourth-order valence-electron chi connectivity index (χ4n) is 0.968. The lowest BCUT2D eigenvalue weighted by molar-refractivity contribution is 0.401. The van der Waals surface area contributed by atoms with E-state index in [0.717, 1.165) is 0 Å². The third kappa shape index (κ3) is 0.523. The molecule has 1 aliphatic rings. The van der Waals surface area contributed by atoms with E-state index in [1.807, 2.05) is 0 Å². The first-order chi connectivity index (χ1) is 5.70. The number of nitrogens with zero attached hydrogens (tertiary/aromatic N) is 4. The lowest BCUT2D eigenvalue weighted by atomic mass is 9.58. The summed E-state index contributed by atoms with van der Waals surface area (Å²) in [4.78, 5) is 0. The van der Waals surface area contributed by atoms with Crippen molar-refractivity contribution in [2.45, 2.75) is 0 Å². The fraction of sp³-hybridized carbons (Fsp3) is 0.250. The summed E-state index contributed by atoms with van der Waals surface area (Å²) in [5, 5.41) is 34.4. The molecule has 54 valence electrons. The van der Waals surface area contributed by atoms with E-state index in [9.17, 15) is 0 Å². The SMILES string of the molecule is N#CC1(C#N)C=CC1(C#N)C#N. The molecule has 0 saturated carbocycles. The van der Waals surface area contributed by atoms with Crippen molar-refractivity contribution in [1.29, 1.82) is 21.0 Å². The highest BCUT2D eigenvalue weighted by Gasteiger charge is 2.57. The maximum absolute atomic E-state index is 8.61. The zero-order valence-corrected chi connectivity index (χ0v) is 5.94. The predicted octanol–water partition coefficient (Wildman–Crippen LogP) is 0.623. The highest BCUT2D eigenvalue weighted by molar-refractivity contribution is 5.52. The molecule has 0 aromatic rings. The van der Waals surface area contributed by atoms with Crippen LogP contribution in [0, 0.1) is 56.2 Å². The van der Waals surface area contributed by atoms with Crippen LogP contribution in [0.15, 0.2) is 12.2 Å². The van der Waals surface area contributed by atoms with Gasteiger partial charge in [0.25, 0.3) is 0 Å². The van der Waals surface area contributed by atoms with E-state index in [4.69, 9.17) is 21.0 Å². The van der Waals surface area contributed by atoms with Crippen LogP contribution in [0.2, 0.25) is 0 Å². The van der Waals surface area contributed by atoms with Crippen LogP contribution >= 0.6 is 0 Å². The Labute approximate surface area is 69.2 Å². The van der Waals surface area contributed by atoms with E-state index < -0.39 is 10.8 Å². The molecule has 1 aliphatic carbocycles. The molecular formula is C8H2N4. The number of rotatable bonds is 0. The molecule has 4 nitrogen and oxygen atoms in total. The molecule has 12 heavy (non-hydrogen) atoms.